The Morgan fingerprint density at radius 2 is 1.53 bits per heavy atom. The zero-order chi connectivity index (χ0) is 34.2. The van der Waals surface area contributed by atoms with E-state index in [-0.39, 0.29) is 30.2 Å². The van der Waals surface area contributed by atoms with E-state index in [0.29, 0.717) is 25.6 Å². The topological polar surface area (TPSA) is 158 Å². The summed E-state index contributed by atoms with van der Waals surface area (Å²) in [5, 5.41) is 10.6. The van der Waals surface area contributed by atoms with E-state index in [0.717, 1.165) is 44.7 Å². The molecule has 2 atom stereocenters. The maximum Gasteiger partial charge on any atom is 0.408 e. The largest absolute Gasteiger partial charge is 0.444 e. The van der Waals surface area contributed by atoms with Crippen LogP contribution in [0.2, 0.25) is 0 Å². The molecule has 1 aromatic carbocycles. The lowest BCUT2D eigenvalue weighted by atomic mass is 9.71. The van der Waals surface area contributed by atoms with E-state index < -0.39 is 48.0 Å². The molecule has 4 rings (SSSR count). The van der Waals surface area contributed by atoms with Crippen LogP contribution in [-0.4, -0.2) is 116 Å². The fraction of sp³-hybridized carbons (Fsp3) is 0.676. The number of carbonyl (C=O) groups excluding carboxylic acids is 5. The number of ether oxygens (including phenoxy) is 2. The van der Waals surface area contributed by atoms with Crippen molar-refractivity contribution in [3.05, 3.63) is 35.9 Å². The van der Waals surface area contributed by atoms with E-state index in [9.17, 15) is 24.0 Å². The fourth-order valence-corrected chi connectivity index (χ4v) is 6.20. The molecule has 1 aromatic rings. The molecule has 3 aliphatic rings. The first kappa shape index (κ1) is 36.1. The Morgan fingerprint density at radius 1 is 0.915 bits per heavy atom. The van der Waals surface area contributed by atoms with Crippen LogP contribution in [0, 0.1) is 11.3 Å². The van der Waals surface area contributed by atoms with Crippen LogP contribution in [0.5, 0.6) is 0 Å². The summed E-state index contributed by atoms with van der Waals surface area (Å²) in [6.45, 7) is 13.6. The highest BCUT2D eigenvalue weighted by atomic mass is 16.6. The predicted molar refractivity (Wildman–Crippen MR) is 175 cm³/mol. The van der Waals surface area contributed by atoms with Crippen molar-refractivity contribution in [2.24, 2.45) is 11.3 Å². The molecule has 0 aliphatic carbocycles. The molecule has 1 spiro atoms. The van der Waals surface area contributed by atoms with Gasteiger partial charge in [0.25, 0.3) is 0 Å². The van der Waals surface area contributed by atoms with Crippen molar-refractivity contribution in [3.63, 3.8) is 0 Å². The highest BCUT2D eigenvalue weighted by Gasteiger charge is 2.47. The number of amides is 5. The van der Waals surface area contributed by atoms with Crippen LogP contribution in [0.25, 0.3) is 0 Å². The first-order chi connectivity index (χ1) is 22.2. The molecule has 3 saturated heterocycles. The van der Waals surface area contributed by atoms with Crippen LogP contribution in [0.1, 0.15) is 59.4 Å². The summed E-state index contributed by atoms with van der Waals surface area (Å²) >= 11 is 0. The van der Waals surface area contributed by atoms with Crippen molar-refractivity contribution in [1.82, 2.24) is 31.1 Å². The minimum Gasteiger partial charge on any atom is -0.444 e. The average molecular weight is 657 g/mol. The summed E-state index contributed by atoms with van der Waals surface area (Å²) in [6, 6.07) is 7.83. The molecule has 3 heterocycles. The van der Waals surface area contributed by atoms with Crippen molar-refractivity contribution >= 4 is 29.7 Å². The number of hydrogen-bond acceptors (Lipinski definition) is 8. The van der Waals surface area contributed by atoms with Gasteiger partial charge in [-0.15, -0.1) is 0 Å². The quantitative estimate of drug-likeness (QED) is 0.247. The molecule has 0 bridgehead atoms. The smallest absolute Gasteiger partial charge is 0.408 e. The van der Waals surface area contributed by atoms with Gasteiger partial charge < -0.3 is 35.6 Å². The highest BCUT2D eigenvalue weighted by molar-refractivity contribution is 5.93. The van der Waals surface area contributed by atoms with Crippen LogP contribution in [-0.2, 0) is 35.1 Å². The van der Waals surface area contributed by atoms with E-state index in [2.05, 4.69) is 26.2 Å². The van der Waals surface area contributed by atoms with Crippen molar-refractivity contribution in [2.75, 3.05) is 52.5 Å². The van der Waals surface area contributed by atoms with Crippen molar-refractivity contribution in [1.29, 1.82) is 0 Å². The SMILES string of the molecule is CC(C)CC(NC(=O)CNC(=O)C(Cc1ccccc1)NC(=O)OC(C)(C)C)C(=O)NCC(=O)N1CC2(CCN(C3COC3)CC2)C1. The van der Waals surface area contributed by atoms with E-state index in [4.69, 9.17) is 9.47 Å². The standard InChI is InChI=1S/C34H52N6O7/c1-23(2)15-26(30(43)36-18-29(42)40-21-34(22-40)11-13-39(14-12-34)25-19-46-20-25)37-28(41)17-35-31(44)27(16-24-9-7-6-8-10-24)38-32(45)47-33(3,4)5/h6-10,23,25-27H,11-22H2,1-5H3,(H,35,44)(H,36,43)(H,37,41)(H,38,45). The van der Waals surface area contributed by atoms with Crippen LogP contribution in [0.4, 0.5) is 4.79 Å². The minimum absolute atomic E-state index is 0.0808. The van der Waals surface area contributed by atoms with Crippen LogP contribution >= 0.6 is 0 Å². The Balaban J connectivity index is 1.23. The second kappa shape index (κ2) is 15.9. The third kappa shape index (κ3) is 10.9. The first-order valence-corrected chi connectivity index (χ1v) is 16.7. The second-order valence-electron chi connectivity index (χ2n) is 14.6. The number of hydrogen-bond donors (Lipinski definition) is 4. The first-order valence-electron chi connectivity index (χ1n) is 16.7. The van der Waals surface area contributed by atoms with Crippen LogP contribution in [0.15, 0.2) is 30.3 Å². The molecule has 13 nitrogen and oxygen atoms in total. The Morgan fingerprint density at radius 3 is 2.11 bits per heavy atom. The third-order valence-corrected chi connectivity index (χ3v) is 8.89. The zero-order valence-electron chi connectivity index (χ0n) is 28.4. The molecule has 4 N–H and O–H groups in total. The molecule has 260 valence electrons. The minimum atomic E-state index is -0.994. The van der Waals surface area contributed by atoms with Crippen molar-refractivity contribution < 1.29 is 33.4 Å². The maximum atomic E-state index is 13.1. The van der Waals surface area contributed by atoms with Gasteiger partial charge in [0, 0.05) is 24.9 Å². The monoisotopic (exact) mass is 656 g/mol. The number of likely N-dealkylation sites (tertiary alicyclic amines) is 2. The van der Waals surface area contributed by atoms with Crippen LogP contribution < -0.4 is 21.3 Å². The molecular weight excluding hydrogens is 604 g/mol. The van der Waals surface area contributed by atoms with Crippen LogP contribution in [0.3, 0.4) is 0 Å². The van der Waals surface area contributed by atoms with Gasteiger partial charge in [0.1, 0.15) is 17.7 Å². The lowest BCUT2D eigenvalue weighted by Crippen LogP contribution is -2.64. The van der Waals surface area contributed by atoms with Gasteiger partial charge in [0.2, 0.25) is 23.6 Å². The lowest BCUT2D eigenvalue weighted by molar-refractivity contribution is -0.150. The van der Waals surface area contributed by atoms with Gasteiger partial charge >= 0.3 is 6.09 Å². The van der Waals surface area contributed by atoms with Gasteiger partial charge in [0.05, 0.1) is 32.3 Å². The van der Waals surface area contributed by atoms with E-state index in [1.54, 1.807) is 25.7 Å². The van der Waals surface area contributed by atoms with Gasteiger partial charge in [-0.05, 0) is 64.6 Å². The van der Waals surface area contributed by atoms with E-state index in [1.807, 2.05) is 44.2 Å². The summed E-state index contributed by atoms with van der Waals surface area (Å²) < 4.78 is 10.6. The number of benzene rings is 1. The lowest BCUT2D eigenvalue weighted by Gasteiger charge is -2.55. The summed E-state index contributed by atoms with van der Waals surface area (Å²) in [5.41, 5.74) is 0.228. The van der Waals surface area contributed by atoms with Gasteiger partial charge in [0.15, 0.2) is 0 Å². The summed E-state index contributed by atoms with van der Waals surface area (Å²) in [5.74, 6) is -1.64. The molecule has 13 heteroatoms. The molecule has 5 amide bonds. The van der Waals surface area contributed by atoms with Crippen molar-refractivity contribution in [2.45, 2.75) is 84.0 Å². The summed E-state index contributed by atoms with van der Waals surface area (Å²) in [4.78, 5) is 68.7. The number of nitrogens with zero attached hydrogens (tertiary/aromatic N) is 2. The Hall–Kier alpha value is -3.71. The van der Waals surface area contributed by atoms with Crippen molar-refractivity contribution in [3.8, 4) is 0 Å². The van der Waals surface area contributed by atoms with Gasteiger partial charge in [-0.25, -0.2) is 4.79 Å². The number of alkyl carbamates (subject to hydrolysis) is 1. The summed E-state index contributed by atoms with van der Waals surface area (Å²) in [7, 11) is 0. The number of nitrogens with one attached hydrogen (secondary N) is 4. The Kier molecular flexibility index (Phi) is 12.2. The van der Waals surface area contributed by atoms with Gasteiger partial charge in [-0.2, -0.15) is 0 Å². The maximum absolute atomic E-state index is 13.1. The fourth-order valence-electron chi connectivity index (χ4n) is 6.20. The molecule has 0 saturated carbocycles. The van der Waals surface area contributed by atoms with Gasteiger partial charge in [-0.3, -0.25) is 24.1 Å². The molecule has 2 unspecified atom stereocenters. The normalized spacial score (nSPS) is 19.1. The molecular formula is C34H52N6O7. The zero-order valence-corrected chi connectivity index (χ0v) is 28.4. The Bertz CT molecular complexity index is 1250. The number of piperidine rings is 1. The molecule has 0 radical (unpaired) electrons. The van der Waals surface area contributed by atoms with Gasteiger partial charge in [-0.1, -0.05) is 44.2 Å². The number of rotatable bonds is 13. The summed E-state index contributed by atoms with van der Waals surface area (Å²) in [6.07, 6.45) is 1.91. The molecule has 47 heavy (non-hydrogen) atoms. The highest BCUT2D eigenvalue weighted by Crippen LogP contribution is 2.41. The average Bonchev–Trinajstić information content (AvgIpc) is 2.95. The number of carbonyl (C=O) groups is 5. The predicted octanol–water partition coefficient (Wildman–Crippen LogP) is 1.21. The molecule has 3 fully saturated rings. The molecule has 0 aromatic heterocycles. The van der Waals surface area contributed by atoms with E-state index in [1.165, 1.54) is 0 Å². The second-order valence-corrected chi connectivity index (χ2v) is 14.6. The molecule has 3 aliphatic heterocycles. The Labute approximate surface area is 277 Å². The third-order valence-electron chi connectivity index (χ3n) is 8.89. The van der Waals surface area contributed by atoms with E-state index >= 15 is 0 Å².